The lowest BCUT2D eigenvalue weighted by Gasteiger charge is -2.16. The van der Waals surface area contributed by atoms with Crippen LogP contribution in [0, 0.1) is 0 Å². The number of nitrogens with one attached hydrogen (secondary N) is 1. The van der Waals surface area contributed by atoms with Crippen molar-refractivity contribution >= 4 is 10.9 Å². The maximum Gasteiger partial charge on any atom is 0.0926 e. The lowest BCUT2D eigenvalue weighted by molar-refractivity contribution is 0.571. The van der Waals surface area contributed by atoms with Gasteiger partial charge in [0.1, 0.15) is 0 Å². The summed E-state index contributed by atoms with van der Waals surface area (Å²) in [6.45, 7) is 7.25. The summed E-state index contributed by atoms with van der Waals surface area (Å²) in [5.74, 6) is 0. The minimum absolute atomic E-state index is 0.101. The van der Waals surface area contributed by atoms with Crippen LogP contribution in [0.4, 0.5) is 0 Å². The minimum atomic E-state index is 0.101. The van der Waals surface area contributed by atoms with Crippen molar-refractivity contribution in [2.45, 2.75) is 32.6 Å². The molecular weight excluding hydrogens is 198 g/mol. The largest absolute Gasteiger partial charge is 0.330 e. The summed E-state index contributed by atoms with van der Waals surface area (Å²) in [6, 6.07) is 6.40. The zero-order valence-electron chi connectivity index (χ0n) is 10.2. The highest BCUT2D eigenvalue weighted by molar-refractivity contribution is 5.82. The molecule has 0 aliphatic heterocycles. The van der Waals surface area contributed by atoms with E-state index in [1.807, 2.05) is 0 Å². The van der Waals surface area contributed by atoms with Crippen molar-refractivity contribution in [2.75, 3.05) is 6.54 Å². The van der Waals surface area contributed by atoms with Crippen LogP contribution in [0.2, 0.25) is 0 Å². The van der Waals surface area contributed by atoms with Crippen molar-refractivity contribution in [3.05, 3.63) is 29.5 Å². The summed E-state index contributed by atoms with van der Waals surface area (Å²) >= 11 is 0. The molecule has 0 amide bonds. The fraction of sp³-hybridized carbons (Fsp3) is 0.462. The van der Waals surface area contributed by atoms with Crippen LogP contribution in [0.5, 0.6) is 0 Å². The lowest BCUT2D eigenvalue weighted by Crippen LogP contribution is -2.12. The third-order valence-corrected chi connectivity index (χ3v) is 2.80. The summed E-state index contributed by atoms with van der Waals surface area (Å²) in [5.41, 5.74) is 9.14. The van der Waals surface area contributed by atoms with Crippen LogP contribution in [0.1, 0.15) is 32.0 Å². The Labute approximate surface area is 96.0 Å². The van der Waals surface area contributed by atoms with E-state index in [-0.39, 0.29) is 5.41 Å². The molecule has 3 N–H and O–H groups in total. The number of nitrogens with zero attached hydrogens (tertiary/aromatic N) is 1. The standard InChI is InChI=1S/C13H19N3/c1-13(2,3)12-10-5-4-9(6-7-14)8-11(10)15-16-12/h4-5,8H,6-7,14H2,1-3H3,(H,15,16). The highest BCUT2D eigenvalue weighted by Gasteiger charge is 2.19. The van der Waals surface area contributed by atoms with E-state index < -0.39 is 0 Å². The molecule has 0 saturated heterocycles. The Morgan fingerprint density at radius 3 is 2.69 bits per heavy atom. The van der Waals surface area contributed by atoms with Crippen molar-refractivity contribution in [1.82, 2.24) is 10.2 Å². The van der Waals surface area contributed by atoms with Crippen molar-refractivity contribution in [3.8, 4) is 0 Å². The fourth-order valence-corrected chi connectivity index (χ4v) is 1.95. The third-order valence-electron chi connectivity index (χ3n) is 2.80. The molecule has 3 heteroatoms. The molecule has 2 aromatic rings. The topological polar surface area (TPSA) is 54.7 Å². The Balaban J connectivity index is 2.51. The molecule has 1 heterocycles. The Bertz CT molecular complexity index is 491. The molecular formula is C13H19N3. The van der Waals surface area contributed by atoms with Crippen LogP contribution in [-0.2, 0) is 11.8 Å². The molecule has 0 atom stereocenters. The molecule has 0 radical (unpaired) electrons. The monoisotopic (exact) mass is 217 g/mol. The molecule has 0 aliphatic rings. The number of rotatable bonds is 2. The predicted molar refractivity (Wildman–Crippen MR) is 67.6 cm³/mol. The summed E-state index contributed by atoms with van der Waals surface area (Å²) in [4.78, 5) is 0. The van der Waals surface area contributed by atoms with Gasteiger partial charge in [0.15, 0.2) is 0 Å². The van der Waals surface area contributed by atoms with Gasteiger partial charge >= 0.3 is 0 Å². The van der Waals surface area contributed by atoms with Crippen molar-refractivity contribution in [1.29, 1.82) is 0 Å². The molecule has 0 fully saturated rings. The van der Waals surface area contributed by atoms with E-state index in [9.17, 15) is 0 Å². The van der Waals surface area contributed by atoms with Crippen LogP contribution in [-0.4, -0.2) is 16.7 Å². The molecule has 0 unspecified atom stereocenters. The van der Waals surface area contributed by atoms with E-state index in [4.69, 9.17) is 5.73 Å². The van der Waals surface area contributed by atoms with Gasteiger partial charge < -0.3 is 5.73 Å². The smallest absolute Gasteiger partial charge is 0.0926 e. The van der Waals surface area contributed by atoms with E-state index in [1.54, 1.807) is 0 Å². The molecule has 0 bridgehead atoms. The van der Waals surface area contributed by atoms with E-state index in [0.717, 1.165) is 11.9 Å². The molecule has 0 aliphatic carbocycles. The SMILES string of the molecule is CC(C)(C)c1[nH]nc2cc(CCN)ccc12. The van der Waals surface area contributed by atoms with Gasteiger partial charge in [-0.3, -0.25) is 5.10 Å². The summed E-state index contributed by atoms with van der Waals surface area (Å²) in [5, 5.41) is 8.72. The van der Waals surface area contributed by atoms with Gasteiger partial charge in [-0.1, -0.05) is 32.9 Å². The highest BCUT2D eigenvalue weighted by Crippen LogP contribution is 2.28. The third kappa shape index (κ3) is 1.95. The molecule has 0 spiro atoms. The van der Waals surface area contributed by atoms with Gasteiger partial charge in [0.25, 0.3) is 0 Å². The first kappa shape index (κ1) is 11.1. The van der Waals surface area contributed by atoms with Crippen molar-refractivity contribution < 1.29 is 0 Å². The number of hydrogen-bond donors (Lipinski definition) is 2. The van der Waals surface area contributed by atoms with Gasteiger partial charge in [0, 0.05) is 16.5 Å². The number of fused-ring (bicyclic) bond motifs is 1. The number of nitrogens with two attached hydrogens (primary N) is 1. The normalized spacial score (nSPS) is 12.2. The second-order valence-corrected chi connectivity index (χ2v) is 5.24. The van der Waals surface area contributed by atoms with Gasteiger partial charge in [0.05, 0.1) is 5.52 Å². The van der Waals surface area contributed by atoms with Gasteiger partial charge in [0.2, 0.25) is 0 Å². The molecule has 0 saturated carbocycles. The average Bonchev–Trinajstić information content (AvgIpc) is 2.60. The van der Waals surface area contributed by atoms with Crippen LogP contribution < -0.4 is 5.73 Å². The molecule has 86 valence electrons. The summed E-state index contributed by atoms with van der Waals surface area (Å²) < 4.78 is 0. The number of benzene rings is 1. The lowest BCUT2D eigenvalue weighted by atomic mass is 9.89. The van der Waals surface area contributed by atoms with Gasteiger partial charge in [-0.25, -0.2) is 0 Å². The van der Waals surface area contributed by atoms with Gasteiger partial charge in [-0.15, -0.1) is 0 Å². The first-order valence-corrected chi connectivity index (χ1v) is 5.70. The molecule has 3 nitrogen and oxygen atoms in total. The number of aromatic nitrogens is 2. The zero-order chi connectivity index (χ0) is 11.8. The zero-order valence-corrected chi connectivity index (χ0v) is 10.2. The van der Waals surface area contributed by atoms with Crippen LogP contribution in [0.25, 0.3) is 10.9 Å². The first-order valence-electron chi connectivity index (χ1n) is 5.70. The van der Waals surface area contributed by atoms with Crippen molar-refractivity contribution in [2.24, 2.45) is 5.73 Å². The number of hydrogen-bond acceptors (Lipinski definition) is 2. The van der Waals surface area contributed by atoms with Gasteiger partial charge in [-0.2, -0.15) is 5.10 Å². The van der Waals surface area contributed by atoms with E-state index in [1.165, 1.54) is 16.6 Å². The molecule has 1 aromatic carbocycles. The Morgan fingerprint density at radius 2 is 2.06 bits per heavy atom. The second kappa shape index (κ2) is 3.91. The number of aromatic amines is 1. The average molecular weight is 217 g/mol. The fourth-order valence-electron chi connectivity index (χ4n) is 1.95. The molecule has 2 rings (SSSR count). The van der Waals surface area contributed by atoms with Crippen LogP contribution in [0.15, 0.2) is 18.2 Å². The summed E-state index contributed by atoms with van der Waals surface area (Å²) in [6.07, 6.45) is 0.910. The Morgan fingerprint density at radius 1 is 1.31 bits per heavy atom. The Hall–Kier alpha value is -1.35. The highest BCUT2D eigenvalue weighted by atomic mass is 15.1. The van der Waals surface area contributed by atoms with E-state index in [2.05, 4.69) is 49.2 Å². The van der Waals surface area contributed by atoms with Crippen LogP contribution >= 0.6 is 0 Å². The molecule has 1 aromatic heterocycles. The summed E-state index contributed by atoms with van der Waals surface area (Å²) in [7, 11) is 0. The number of H-pyrrole nitrogens is 1. The first-order chi connectivity index (χ1) is 7.52. The minimum Gasteiger partial charge on any atom is -0.330 e. The maximum absolute atomic E-state index is 5.55. The Kier molecular flexibility index (Phi) is 2.72. The van der Waals surface area contributed by atoms with Crippen LogP contribution in [0.3, 0.4) is 0 Å². The van der Waals surface area contributed by atoms with Crippen molar-refractivity contribution in [3.63, 3.8) is 0 Å². The quantitative estimate of drug-likeness (QED) is 0.811. The second-order valence-electron chi connectivity index (χ2n) is 5.24. The van der Waals surface area contributed by atoms with E-state index in [0.29, 0.717) is 6.54 Å². The predicted octanol–water partition coefficient (Wildman–Crippen LogP) is 2.36. The van der Waals surface area contributed by atoms with E-state index >= 15 is 0 Å². The maximum atomic E-state index is 5.55. The van der Waals surface area contributed by atoms with Gasteiger partial charge in [-0.05, 0) is 24.6 Å². The molecule has 16 heavy (non-hydrogen) atoms.